The van der Waals surface area contributed by atoms with E-state index in [1.54, 1.807) is 12.1 Å². The van der Waals surface area contributed by atoms with Gasteiger partial charge < -0.3 is 11.1 Å². The fourth-order valence-corrected chi connectivity index (χ4v) is 1.27. The van der Waals surface area contributed by atoms with E-state index in [-0.39, 0.29) is 12.4 Å². The largest absolute Gasteiger partial charge is 0.352 e. The highest BCUT2D eigenvalue weighted by Gasteiger charge is 2.06. The third-order valence-corrected chi connectivity index (χ3v) is 2.19. The van der Waals surface area contributed by atoms with E-state index >= 15 is 0 Å². The molecule has 0 bridgehead atoms. The van der Waals surface area contributed by atoms with Crippen LogP contribution in [0, 0.1) is 5.82 Å². The summed E-state index contributed by atoms with van der Waals surface area (Å²) in [5, 5.41) is 2.37. The Morgan fingerprint density at radius 3 is 2.73 bits per heavy atom. The van der Waals surface area contributed by atoms with Gasteiger partial charge in [-0.25, -0.2) is 9.18 Å². The van der Waals surface area contributed by atoms with Crippen LogP contribution in [-0.4, -0.2) is 6.03 Å². The van der Waals surface area contributed by atoms with Gasteiger partial charge in [0, 0.05) is 12.1 Å². The molecule has 0 saturated carbocycles. The summed E-state index contributed by atoms with van der Waals surface area (Å²) in [5.41, 5.74) is 6.41. The van der Waals surface area contributed by atoms with Crippen LogP contribution < -0.4 is 11.1 Å². The van der Waals surface area contributed by atoms with Gasteiger partial charge in [0.2, 0.25) is 0 Å². The standard InChI is InChI=1S/C11H15FN2O/c1-7(2)8-3-4-10(12)9(5-8)6-14-11(13)15/h3-5,7H,6H2,1-2H3,(H3,13,14,15). The molecule has 0 aliphatic carbocycles. The second-order valence-electron chi connectivity index (χ2n) is 3.72. The molecule has 0 unspecified atom stereocenters. The topological polar surface area (TPSA) is 55.1 Å². The molecule has 0 aliphatic heterocycles. The average molecular weight is 210 g/mol. The summed E-state index contributed by atoms with van der Waals surface area (Å²) in [7, 11) is 0. The molecular weight excluding hydrogens is 195 g/mol. The highest BCUT2D eigenvalue weighted by molar-refractivity contribution is 5.71. The number of rotatable bonds is 3. The molecule has 0 fully saturated rings. The highest BCUT2D eigenvalue weighted by atomic mass is 19.1. The lowest BCUT2D eigenvalue weighted by Gasteiger charge is -2.09. The van der Waals surface area contributed by atoms with Crippen molar-refractivity contribution < 1.29 is 9.18 Å². The van der Waals surface area contributed by atoms with E-state index in [2.05, 4.69) is 5.32 Å². The quantitative estimate of drug-likeness (QED) is 0.788. The molecule has 1 aromatic rings. The lowest BCUT2D eigenvalue weighted by atomic mass is 10.0. The molecule has 3 N–H and O–H groups in total. The van der Waals surface area contributed by atoms with Crippen LogP contribution in [0.15, 0.2) is 18.2 Å². The zero-order valence-corrected chi connectivity index (χ0v) is 8.88. The van der Waals surface area contributed by atoms with Crippen LogP contribution in [0.5, 0.6) is 0 Å². The molecule has 0 atom stereocenters. The number of amides is 2. The van der Waals surface area contributed by atoms with Gasteiger partial charge in [0.05, 0.1) is 0 Å². The minimum Gasteiger partial charge on any atom is -0.352 e. The Morgan fingerprint density at radius 2 is 2.20 bits per heavy atom. The molecule has 0 aliphatic rings. The third-order valence-electron chi connectivity index (χ3n) is 2.19. The van der Waals surface area contributed by atoms with Crippen molar-refractivity contribution in [3.8, 4) is 0 Å². The number of urea groups is 1. The molecule has 1 aromatic carbocycles. The number of hydrogen-bond donors (Lipinski definition) is 2. The summed E-state index contributed by atoms with van der Waals surface area (Å²) < 4.78 is 13.3. The predicted molar refractivity (Wildman–Crippen MR) is 56.9 cm³/mol. The predicted octanol–water partition coefficient (Wildman–Crippen LogP) is 2.12. The first-order chi connectivity index (χ1) is 7.00. The highest BCUT2D eigenvalue weighted by Crippen LogP contribution is 2.17. The monoisotopic (exact) mass is 210 g/mol. The third kappa shape index (κ3) is 3.23. The van der Waals surface area contributed by atoms with Crippen LogP contribution in [0.3, 0.4) is 0 Å². The second-order valence-corrected chi connectivity index (χ2v) is 3.72. The van der Waals surface area contributed by atoms with E-state index in [9.17, 15) is 9.18 Å². The lowest BCUT2D eigenvalue weighted by Crippen LogP contribution is -2.29. The second kappa shape index (κ2) is 4.77. The molecule has 1 rings (SSSR count). The van der Waals surface area contributed by atoms with Gasteiger partial charge in [-0.2, -0.15) is 0 Å². The van der Waals surface area contributed by atoms with E-state index < -0.39 is 6.03 Å². The minimum absolute atomic E-state index is 0.127. The van der Waals surface area contributed by atoms with Crippen LogP contribution in [0.25, 0.3) is 0 Å². The SMILES string of the molecule is CC(C)c1ccc(F)c(CNC(N)=O)c1. The molecule has 4 heteroatoms. The number of carbonyl (C=O) groups excluding carboxylic acids is 1. The minimum atomic E-state index is -0.649. The van der Waals surface area contributed by atoms with Crippen molar-refractivity contribution in [2.75, 3.05) is 0 Å². The molecule has 15 heavy (non-hydrogen) atoms. The normalized spacial score (nSPS) is 10.4. The zero-order valence-electron chi connectivity index (χ0n) is 8.88. The smallest absolute Gasteiger partial charge is 0.312 e. The van der Waals surface area contributed by atoms with Crippen molar-refractivity contribution in [2.45, 2.75) is 26.3 Å². The number of hydrogen-bond acceptors (Lipinski definition) is 1. The number of carbonyl (C=O) groups is 1. The Morgan fingerprint density at radius 1 is 1.53 bits per heavy atom. The fraction of sp³-hybridized carbons (Fsp3) is 0.364. The number of benzene rings is 1. The molecule has 0 saturated heterocycles. The molecule has 2 amide bonds. The summed E-state index contributed by atoms with van der Waals surface area (Å²) in [5.74, 6) is 0.00563. The van der Waals surface area contributed by atoms with Crippen LogP contribution >= 0.6 is 0 Å². The van der Waals surface area contributed by atoms with Gasteiger partial charge in [-0.15, -0.1) is 0 Å². The van der Waals surface area contributed by atoms with E-state index in [1.165, 1.54) is 6.07 Å². The van der Waals surface area contributed by atoms with E-state index in [1.807, 2.05) is 13.8 Å². The molecule has 3 nitrogen and oxygen atoms in total. The Hall–Kier alpha value is -1.58. The Kier molecular flexibility index (Phi) is 3.66. The number of nitrogens with one attached hydrogen (secondary N) is 1. The fourth-order valence-electron chi connectivity index (χ4n) is 1.27. The first kappa shape index (κ1) is 11.5. The first-order valence-electron chi connectivity index (χ1n) is 4.82. The maximum Gasteiger partial charge on any atom is 0.312 e. The number of nitrogens with two attached hydrogens (primary N) is 1. The van der Waals surface area contributed by atoms with Gasteiger partial charge in [0.25, 0.3) is 0 Å². The van der Waals surface area contributed by atoms with Crippen molar-refractivity contribution in [1.29, 1.82) is 0 Å². The van der Waals surface area contributed by atoms with Crippen LogP contribution in [0.4, 0.5) is 9.18 Å². The Labute approximate surface area is 88.5 Å². The van der Waals surface area contributed by atoms with Gasteiger partial charge in [-0.05, 0) is 17.5 Å². The zero-order chi connectivity index (χ0) is 11.4. The maximum absolute atomic E-state index is 13.3. The lowest BCUT2D eigenvalue weighted by molar-refractivity contribution is 0.248. The molecule has 0 aromatic heterocycles. The van der Waals surface area contributed by atoms with Gasteiger partial charge in [0.1, 0.15) is 5.82 Å². The van der Waals surface area contributed by atoms with Crippen molar-refractivity contribution in [3.05, 3.63) is 35.1 Å². The molecule has 0 heterocycles. The van der Waals surface area contributed by atoms with Crippen LogP contribution in [0.1, 0.15) is 30.9 Å². The van der Waals surface area contributed by atoms with Crippen LogP contribution in [-0.2, 0) is 6.54 Å². The van der Waals surface area contributed by atoms with Gasteiger partial charge in [0.15, 0.2) is 0 Å². The number of halogens is 1. The molecular formula is C11H15FN2O. The van der Waals surface area contributed by atoms with E-state index in [0.717, 1.165) is 5.56 Å². The number of primary amides is 1. The Balaban J connectivity index is 2.85. The van der Waals surface area contributed by atoms with Crippen molar-refractivity contribution in [1.82, 2.24) is 5.32 Å². The van der Waals surface area contributed by atoms with E-state index in [4.69, 9.17) is 5.73 Å². The summed E-state index contributed by atoms with van der Waals surface area (Å²) in [6.45, 7) is 4.18. The summed E-state index contributed by atoms with van der Waals surface area (Å²) in [6.07, 6.45) is 0. The maximum atomic E-state index is 13.3. The molecule has 82 valence electrons. The molecule has 0 radical (unpaired) electrons. The Bertz CT molecular complexity index is 364. The average Bonchev–Trinajstić information content (AvgIpc) is 2.16. The van der Waals surface area contributed by atoms with Crippen LogP contribution in [0.2, 0.25) is 0 Å². The van der Waals surface area contributed by atoms with Crippen molar-refractivity contribution >= 4 is 6.03 Å². The summed E-state index contributed by atoms with van der Waals surface area (Å²) in [6, 6.07) is 4.25. The first-order valence-corrected chi connectivity index (χ1v) is 4.82. The van der Waals surface area contributed by atoms with E-state index in [0.29, 0.717) is 11.5 Å². The van der Waals surface area contributed by atoms with Crippen molar-refractivity contribution in [2.24, 2.45) is 5.73 Å². The van der Waals surface area contributed by atoms with Gasteiger partial charge in [-0.1, -0.05) is 26.0 Å². The van der Waals surface area contributed by atoms with Crippen molar-refractivity contribution in [3.63, 3.8) is 0 Å². The van der Waals surface area contributed by atoms with Gasteiger partial charge >= 0.3 is 6.03 Å². The summed E-state index contributed by atoms with van der Waals surface area (Å²) >= 11 is 0. The van der Waals surface area contributed by atoms with Gasteiger partial charge in [-0.3, -0.25) is 0 Å². The molecule has 0 spiro atoms. The summed E-state index contributed by atoms with van der Waals surface area (Å²) in [4.78, 5) is 10.5.